The molecular formula is C25H27F2N3O4. The van der Waals surface area contributed by atoms with Gasteiger partial charge in [-0.1, -0.05) is 30.3 Å². The molecule has 1 aliphatic rings. The van der Waals surface area contributed by atoms with Crippen molar-refractivity contribution in [1.82, 2.24) is 15.2 Å². The molecule has 4 rings (SSSR count). The number of aliphatic hydroxyl groups is 1. The Morgan fingerprint density at radius 2 is 2.09 bits per heavy atom. The Morgan fingerprint density at radius 3 is 2.82 bits per heavy atom. The molecule has 0 bridgehead atoms. The van der Waals surface area contributed by atoms with Gasteiger partial charge < -0.3 is 19.9 Å². The highest BCUT2D eigenvalue weighted by molar-refractivity contribution is 5.84. The number of carbonyl (C=O) groups excluding carboxylic acids is 1. The molecule has 9 heteroatoms. The molecule has 180 valence electrons. The summed E-state index contributed by atoms with van der Waals surface area (Å²) in [4.78, 5) is 17.9. The smallest absolute Gasteiger partial charge is 0.407 e. The van der Waals surface area contributed by atoms with Crippen LogP contribution in [0, 0.1) is 5.82 Å². The number of piperidine rings is 1. The van der Waals surface area contributed by atoms with Crippen LogP contribution >= 0.6 is 0 Å². The van der Waals surface area contributed by atoms with E-state index in [2.05, 4.69) is 10.3 Å². The number of rotatable bonds is 7. The summed E-state index contributed by atoms with van der Waals surface area (Å²) in [6, 6.07) is 13.1. The Morgan fingerprint density at radius 1 is 1.29 bits per heavy atom. The van der Waals surface area contributed by atoms with Crippen molar-refractivity contribution < 1.29 is 28.2 Å². The fourth-order valence-electron chi connectivity index (χ4n) is 4.17. The lowest BCUT2D eigenvalue weighted by atomic mass is 10.00. The highest BCUT2D eigenvalue weighted by Gasteiger charge is 2.32. The molecule has 2 N–H and O–H groups in total. The Hall–Kier alpha value is -3.30. The summed E-state index contributed by atoms with van der Waals surface area (Å²) < 4.78 is 39.5. The molecule has 0 saturated carbocycles. The summed E-state index contributed by atoms with van der Waals surface area (Å²) in [5.41, 5.74) is 1.47. The summed E-state index contributed by atoms with van der Waals surface area (Å²) in [5.74, 6) is -0.223. The molecule has 1 saturated heterocycles. The van der Waals surface area contributed by atoms with Crippen LogP contribution in [0.4, 0.5) is 13.6 Å². The number of alkyl carbamates (subject to hydrolysis) is 1. The van der Waals surface area contributed by atoms with Gasteiger partial charge in [0.25, 0.3) is 0 Å². The number of methoxy groups -OCH3 is 1. The van der Waals surface area contributed by atoms with Gasteiger partial charge in [0.1, 0.15) is 24.0 Å². The maximum atomic E-state index is 14.8. The molecule has 0 radical (unpaired) electrons. The second kappa shape index (κ2) is 10.8. The standard InChI is InChI=1S/C25H27F2N3O4/c1-33-17-11-19-18(7-9-28-24(19)20(26)12-17)23(31)14-30-10-8-22(21(27)13-30)29-25(32)34-15-16-5-3-2-4-6-16/h2-7,9,11-12,21-23,31H,8,10,13-15H2,1H3,(H,29,32)/t21?,22?,23-/m0/s1. The van der Waals surface area contributed by atoms with Crippen LogP contribution in [-0.4, -0.2) is 60.0 Å². The van der Waals surface area contributed by atoms with Crippen molar-refractivity contribution in [3.63, 3.8) is 0 Å². The fourth-order valence-corrected chi connectivity index (χ4v) is 4.17. The van der Waals surface area contributed by atoms with Gasteiger partial charge >= 0.3 is 6.09 Å². The molecule has 2 heterocycles. The van der Waals surface area contributed by atoms with Gasteiger partial charge in [0, 0.05) is 37.3 Å². The van der Waals surface area contributed by atoms with Gasteiger partial charge in [-0.05, 0) is 29.7 Å². The summed E-state index contributed by atoms with van der Waals surface area (Å²) in [6.07, 6.45) is -1.16. The van der Waals surface area contributed by atoms with E-state index in [0.29, 0.717) is 29.7 Å². The zero-order valence-electron chi connectivity index (χ0n) is 18.8. The minimum atomic E-state index is -1.32. The number of hydrogen-bond donors (Lipinski definition) is 2. The molecule has 0 spiro atoms. The number of nitrogens with one attached hydrogen (secondary N) is 1. The van der Waals surface area contributed by atoms with Gasteiger partial charge in [-0.2, -0.15) is 0 Å². The zero-order valence-corrected chi connectivity index (χ0v) is 18.8. The molecule has 1 aromatic heterocycles. The number of likely N-dealkylation sites (tertiary alicyclic amines) is 1. The number of β-amino-alcohol motifs (C(OH)–C–C–N with tert-alkyl or cyclic N) is 1. The highest BCUT2D eigenvalue weighted by atomic mass is 19.1. The minimum absolute atomic E-state index is 0.0430. The molecule has 3 aromatic rings. The first kappa shape index (κ1) is 23.8. The van der Waals surface area contributed by atoms with Crippen LogP contribution in [0.15, 0.2) is 54.7 Å². The Labute approximate surface area is 196 Å². The molecule has 7 nitrogen and oxygen atoms in total. The number of fused-ring (bicyclic) bond motifs is 1. The number of aliphatic hydroxyl groups excluding tert-OH is 1. The predicted molar refractivity (Wildman–Crippen MR) is 123 cm³/mol. The Balaban J connectivity index is 1.33. The Kier molecular flexibility index (Phi) is 7.54. The van der Waals surface area contributed by atoms with Gasteiger partial charge in [0.2, 0.25) is 0 Å². The van der Waals surface area contributed by atoms with Gasteiger partial charge in [-0.25, -0.2) is 13.6 Å². The summed E-state index contributed by atoms with van der Waals surface area (Å²) in [7, 11) is 1.43. The van der Waals surface area contributed by atoms with Crippen LogP contribution < -0.4 is 10.1 Å². The van der Waals surface area contributed by atoms with Crippen LogP contribution in [0.1, 0.15) is 23.7 Å². The normalized spacial score (nSPS) is 19.5. The van der Waals surface area contributed by atoms with Crippen molar-refractivity contribution in [2.45, 2.75) is 31.3 Å². The van der Waals surface area contributed by atoms with Gasteiger partial charge in [-0.3, -0.25) is 9.88 Å². The van der Waals surface area contributed by atoms with E-state index in [-0.39, 0.29) is 25.2 Å². The second-order valence-corrected chi connectivity index (χ2v) is 8.30. The topological polar surface area (TPSA) is 83.9 Å². The van der Waals surface area contributed by atoms with Crippen molar-refractivity contribution >= 4 is 17.0 Å². The van der Waals surface area contributed by atoms with Crippen LogP contribution in [0.5, 0.6) is 5.75 Å². The number of amides is 1. The van der Waals surface area contributed by atoms with Gasteiger partial charge in [-0.15, -0.1) is 0 Å². The number of benzene rings is 2. The molecule has 3 atom stereocenters. The van der Waals surface area contributed by atoms with Crippen molar-refractivity contribution in [1.29, 1.82) is 0 Å². The lowest BCUT2D eigenvalue weighted by molar-refractivity contribution is 0.0539. The van der Waals surface area contributed by atoms with Gasteiger partial charge in [0.15, 0.2) is 5.82 Å². The molecule has 34 heavy (non-hydrogen) atoms. The maximum Gasteiger partial charge on any atom is 0.407 e. The third-order valence-corrected chi connectivity index (χ3v) is 5.97. The number of ether oxygens (including phenoxy) is 2. The fraction of sp³-hybridized carbons (Fsp3) is 0.360. The van der Waals surface area contributed by atoms with E-state index in [9.17, 15) is 18.7 Å². The first-order valence-electron chi connectivity index (χ1n) is 11.1. The number of carbonyl (C=O) groups is 1. The van der Waals surface area contributed by atoms with Crippen LogP contribution in [0.25, 0.3) is 10.9 Å². The molecule has 1 aliphatic heterocycles. The number of alkyl halides is 1. The second-order valence-electron chi connectivity index (χ2n) is 8.30. The average Bonchev–Trinajstić information content (AvgIpc) is 2.84. The first-order valence-corrected chi connectivity index (χ1v) is 11.1. The lowest BCUT2D eigenvalue weighted by Gasteiger charge is -2.35. The predicted octanol–water partition coefficient (Wildman–Crippen LogP) is 3.75. The zero-order chi connectivity index (χ0) is 24.1. The van der Waals surface area contributed by atoms with Crippen LogP contribution in [0.3, 0.4) is 0 Å². The third kappa shape index (κ3) is 5.60. The van der Waals surface area contributed by atoms with Crippen LogP contribution in [-0.2, 0) is 11.3 Å². The van der Waals surface area contributed by atoms with Crippen molar-refractivity contribution in [3.8, 4) is 5.75 Å². The number of nitrogens with zero attached hydrogens (tertiary/aromatic N) is 2. The number of aromatic nitrogens is 1. The largest absolute Gasteiger partial charge is 0.497 e. The molecule has 2 unspecified atom stereocenters. The minimum Gasteiger partial charge on any atom is -0.497 e. The third-order valence-electron chi connectivity index (χ3n) is 5.97. The highest BCUT2D eigenvalue weighted by Crippen LogP contribution is 2.30. The monoisotopic (exact) mass is 471 g/mol. The van der Waals surface area contributed by atoms with Gasteiger partial charge in [0.05, 0.1) is 19.3 Å². The van der Waals surface area contributed by atoms with E-state index >= 15 is 0 Å². The Bertz CT molecular complexity index is 1130. The van der Waals surface area contributed by atoms with E-state index < -0.39 is 30.2 Å². The van der Waals surface area contributed by atoms with Crippen molar-refractivity contribution in [3.05, 3.63) is 71.7 Å². The van der Waals surface area contributed by atoms with Crippen molar-refractivity contribution in [2.24, 2.45) is 0 Å². The lowest BCUT2D eigenvalue weighted by Crippen LogP contribution is -2.53. The SMILES string of the molecule is COc1cc(F)c2nccc([C@@H](O)CN3CCC(NC(=O)OCc4ccccc4)C(F)C3)c2c1. The first-order chi connectivity index (χ1) is 16.4. The molecule has 1 amide bonds. The molecular weight excluding hydrogens is 444 g/mol. The van der Waals surface area contributed by atoms with E-state index in [1.54, 1.807) is 17.0 Å². The summed E-state index contributed by atoms with van der Waals surface area (Å²) in [6.45, 7) is 0.784. The van der Waals surface area contributed by atoms with E-state index in [0.717, 1.165) is 5.56 Å². The van der Waals surface area contributed by atoms with Crippen LogP contribution in [0.2, 0.25) is 0 Å². The number of halogens is 2. The maximum absolute atomic E-state index is 14.8. The quantitative estimate of drug-likeness (QED) is 0.546. The summed E-state index contributed by atoms with van der Waals surface area (Å²) in [5, 5.41) is 13.9. The summed E-state index contributed by atoms with van der Waals surface area (Å²) >= 11 is 0. The van der Waals surface area contributed by atoms with E-state index in [4.69, 9.17) is 9.47 Å². The van der Waals surface area contributed by atoms with E-state index in [1.807, 2.05) is 30.3 Å². The van der Waals surface area contributed by atoms with E-state index in [1.165, 1.54) is 19.4 Å². The molecule has 2 aromatic carbocycles. The number of pyridine rings is 1. The molecule has 1 fully saturated rings. The average molecular weight is 472 g/mol. The van der Waals surface area contributed by atoms with Crippen molar-refractivity contribution in [2.75, 3.05) is 26.7 Å². The molecule has 0 aliphatic carbocycles. The number of hydrogen-bond acceptors (Lipinski definition) is 6.